The number of aliphatic hydroxyl groups excluding tert-OH is 1. The number of carbonyl (C=O) groups excluding carboxylic acids is 9. The first-order chi connectivity index (χ1) is 34.5. The van der Waals surface area contributed by atoms with Crippen LogP contribution in [0.1, 0.15) is 71.1 Å². The zero-order chi connectivity index (χ0) is 56.7. The minimum Gasteiger partial charge on any atom is -0.481 e. The van der Waals surface area contributed by atoms with Gasteiger partial charge in [0.1, 0.15) is 36.3 Å². The second kappa shape index (κ2) is 34.7. The summed E-state index contributed by atoms with van der Waals surface area (Å²) in [5, 5.41) is 84.7. The molecule has 0 rings (SSSR count). The number of hydrogen-bond donors (Lipinski definition) is 23. The van der Waals surface area contributed by atoms with Crippen molar-refractivity contribution in [3.8, 4) is 0 Å². The van der Waals surface area contributed by atoms with E-state index in [-0.39, 0.29) is 63.7 Å². The summed E-state index contributed by atoms with van der Waals surface area (Å²) >= 11 is 0. The summed E-state index contributed by atoms with van der Waals surface area (Å²) in [6, 6.07) is -11.5. The van der Waals surface area contributed by atoms with Crippen molar-refractivity contribution in [2.45, 2.75) is 120 Å². The Kier molecular flexibility index (Phi) is 30.6. The van der Waals surface area contributed by atoms with Gasteiger partial charge in [-0.2, -0.15) is 0 Å². The average molecular weight is 1060 g/mol. The number of guanidine groups is 3. The van der Waals surface area contributed by atoms with Crippen molar-refractivity contribution in [1.29, 1.82) is 16.2 Å². The van der Waals surface area contributed by atoms with E-state index in [1.54, 1.807) is 0 Å². The van der Waals surface area contributed by atoms with Crippen LogP contribution in [0.15, 0.2) is 0 Å². The number of rotatable bonds is 37. The monoisotopic (exact) mass is 1060 g/mol. The lowest BCUT2D eigenvalue weighted by atomic mass is 10.1. The van der Waals surface area contributed by atoms with Gasteiger partial charge in [0.25, 0.3) is 0 Å². The maximum absolute atomic E-state index is 13.7. The second-order valence-electron chi connectivity index (χ2n) is 16.2. The summed E-state index contributed by atoms with van der Waals surface area (Å²) in [5.74, 6) is -15.9. The molecule has 0 saturated carbocycles. The van der Waals surface area contributed by atoms with Crippen molar-refractivity contribution < 1.29 is 78.0 Å². The third kappa shape index (κ3) is 29.5. The van der Waals surface area contributed by atoms with E-state index in [0.717, 1.165) is 6.92 Å². The molecule has 0 aliphatic carbocycles. The molecular formula is C39H69N19O16. The molecule has 35 nitrogen and oxygen atoms in total. The van der Waals surface area contributed by atoms with Gasteiger partial charge in [-0.25, -0.2) is 4.79 Å². The predicted octanol–water partition coefficient (Wildman–Crippen LogP) is -10.1. The normalized spacial score (nSPS) is 13.8. The first-order valence-corrected chi connectivity index (χ1v) is 22.5. The van der Waals surface area contributed by atoms with E-state index in [4.69, 9.17) is 50.0 Å². The molecule has 9 amide bonds. The molecule has 74 heavy (non-hydrogen) atoms. The highest BCUT2D eigenvalue weighted by Crippen LogP contribution is 2.06. The molecule has 0 aromatic carbocycles. The first-order valence-electron chi connectivity index (χ1n) is 22.5. The zero-order valence-electron chi connectivity index (χ0n) is 40.3. The van der Waals surface area contributed by atoms with E-state index in [0.29, 0.717) is 6.42 Å². The number of hydrogen-bond acceptors (Lipinski definition) is 17. The molecule has 0 fully saturated rings. The maximum atomic E-state index is 13.7. The third-order valence-electron chi connectivity index (χ3n) is 9.84. The quantitative estimate of drug-likeness (QED) is 0.0156. The molecule has 0 unspecified atom stereocenters. The smallest absolute Gasteiger partial charge is 0.326 e. The molecule has 0 aliphatic heterocycles. The average Bonchev–Trinajstić information content (AvgIpc) is 3.29. The van der Waals surface area contributed by atoms with E-state index in [9.17, 15) is 72.9 Å². The number of carbonyl (C=O) groups is 12. The van der Waals surface area contributed by atoms with Crippen LogP contribution in [0.25, 0.3) is 0 Å². The summed E-state index contributed by atoms with van der Waals surface area (Å²) in [6.45, 7) is -0.597. The number of primary amides is 1. The van der Waals surface area contributed by atoms with Gasteiger partial charge in [0.15, 0.2) is 17.9 Å². The van der Waals surface area contributed by atoms with E-state index in [1.807, 2.05) is 5.32 Å². The lowest BCUT2D eigenvalue weighted by molar-refractivity contribution is -0.144. The van der Waals surface area contributed by atoms with Crippen LogP contribution >= 0.6 is 0 Å². The molecule has 0 saturated heterocycles. The van der Waals surface area contributed by atoms with Crippen LogP contribution in [0, 0.1) is 16.2 Å². The van der Waals surface area contributed by atoms with Gasteiger partial charge in [0.05, 0.1) is 38.1 Å². The van der Waals surface area contributed by atoms with Crippen LogP contribution < -0.4 is 87.2 Å². The van der Waals surface area contributed by atoms with E-state index >= 15 is 0 Å². The topological polar surface area (TPSA) is 620 Å². The highest BCUT2D eigenvalue weighted by molar-refractivity contribution is 5.99. The SMILES string of the molecule is C[C@@H](O)[C@H](NC(=O)CNC(=O)[C@H](CC(N)=O)NC(=O)[C@H](CCCNC(=N)N)NC(=O)[C@H](CC(=O)O)NC(=O)CNC(=O)[C@H](CCCNC(=N)N)NC(=O)[C@@H](N)CCCNC(=N)N)C(=O)N[C@@H](CCC(=O)O)C(=O)O. The fraction of sp³-hybridized carbons (Fsp3) is 0.615. The van der Waals surface area contributed by atoms with Crippen molar-refractivity contribution in [3.05, 3.63) is 0 Å². The predicted molar refractivity (Wildman–Crippen MR) is 255 cm³/mol. The number of carboxylic acid groups (broad SMARTS) is 3. The molecule has 0 bridgehead atoms. The summed E-state index contributed by atoms with van der Waals surface area (Å²) in [5.41, 5.74) is 27.1. The molecule has 28 N–H and O–H groups in total. The van der Waals surface area contributed by atoms with Gasteiger partial charge in [-0.15, -0.1) is 0 Å². The molecule has 416 valence electrons. The maximum Gasteiger partial charge on any atom is 0.326 e. The van der Waals surface area contributed by atoms with Gasteiger partial charge >= 0.3 is 17.9 Å². The molecular weight excluding hydrogens is 991 g/mol. The van der Waals surface area contributed by atoms with Crippen molar-refractivity contribution in [1.82, 2.24) is 58.5 Å². The van der Waals surface area contributed by atoms with Crippen LogP contribution in [0.4, 0.5) is 0 Å². The third-order valence-corrected chi connectivity index (χ3v) is 9.84. The number of carboxylic acids is 3. The van der Waals surface area contributed by atoms with Crippen LogP contribution in [0.5, 0.6) is 0 Å². The Morgan fingerprint density at radius 3 is 1.31 bits per heavy atom. The van der Waals surface area contributed by atoms with Gasteiger partial charge < -0.3 is 108 Å². The Bertz CT molecular complexity index is 2040. The number of aliphatic hydroxyl groups is 1. The van der Waals surface area contributed by atoms with Gasteiger partial charge in [0, 0.05) is 26.1 Å². The van der Waals surface area contributed by atoms with Gasteiger partial charge in [-0.3, -0.25) is 69.0 Å². The Labute approximate surface area is 422 Å². The van der Waals surface area contributed by atoms with E-state index in [1.165, 1.54) is 0 Å². The summed E-state index contributed by atoms with van der Waals surface area (Å²) in [6.07, 6.45) is -4.76. The number of nitrogens with two attached hydrogens (primary N) is 5. The molecule has 0 aromatic heterocycles. The fourth-order valence-corrected chi connectivity index (χ4v) is 6.13. The summed E-state index contributed by atoms with van der Waals surface area (Å²) < 4.78 is 0. The Morgan fingerprint density at radius 2 is 0.865 bits per heavy atom. The van der Waals surface area contributed by atoms with E-state index < -0.39 is 164 Å². The fourth-order valence-electron chi connectivity index (χ4n) is 6.13. The molecule has 0 aliphatic rings. The standard InChI is InChI=1S/C39H69N19O16/c1-17(59)29(35(72)56-21(36(73)74)8-9-27(63)64)58-26(62)16-52-32(69)22(13-24(41)60)57-33(70)20(7-4-12-50-39(46)47)55-34(71)23(14-28(65)66)53-25(61)15-51-31(68)19(6-3-11-49-38(44)45)54-30(67)18(40)5-2-10-48-37(42)43/h17-23,29,59H,2-16,40H2,1H3,(H2,41,60)(H,51,68)(H,52,69)(H,53,61)(H,54,67)(H,55,71)(H,56,72)(H,57,70)(H,58,62)(H,63,64)(H,65,66)(H,73,74)(H4,42,43,48)(H4,44,45,49)(H4,46,47,50)/t17-,18+,19+,20+,21+,22+,23+,29+/m1/s1. The van der Waals surface area contributed by atoms with Gasteiger partial charge in [-0.05, 0) is 51.9 Å². The summed E-state index contributed by atoms with van der Waals surface area (Å²) in [7, 11) is 0. The molecule has 0 aromatic rings. The number of amides is 9. The number of nitrogens with one attached hydrogen (secondary N) is 14. The highest BCUT2D eigenvalue weighted by Gasteiger charge is 2.34. The highest BCUT2D eigenvalue weighted by atomic mass is 16.4. The molecule has 0 heterocycles. The number of aliphatic carboxylic acids is 3. The van der Waals surface area contributed by atoms with Crippen molar-refractivity contribution in [3.63, 3.8) is 0 Å². The lowest BCUT2D eigenvalue weighted by Gasteiger charge is -2.25. The van der Waals surface area contributed by atoms with Crippen LogP contribution in [-0.2, 0) is 57.5 Å². The Morgan fingerprint density at radius 1 is 0.459 bits per heavy atom. The second-order valence-corrected chi connectivity index (χ2v) is 16.2. The lowest BCUT2D eigenvalue weighted by Crippen LogP contribution is -2.59. The molecule has 0 radical (unpaired) electrons. The molecule has 8 atom stereocenters. The minimum atomic E-state index is -1.94. The first kappa shape index (κ1) is 65.4. The van der Waals surface area contributed by atoms with Crippen LogP contribution in [0.3, 0.4) is 0 Å². The molecule has 0 spiro atoms. The van der Waals surface area contributed by atoms with Crippen LogP contribution in [-0.4, -0.2) is 190 Å². The van der Waals surface area contributed by atoms with Crippen molar-refractivity contribution >= 4 is 89.0 Å². The van der Waals surface area contributed by atoms with Gasteiger partial charge in [0.2, 0.25) is 53.2 Å². The van der Waals surface area contributed by atoms with Crippen LogP contribution in [0.2, 0.25) is 0 Å². The summed E-state index contributed by atoms with van der Waals surface area (Å²) in [4.78, 5) is 152. The van der Waals surface area contributed by atoms with Gasteiger partial charge in [-0.1, -0.05) is 0 Å². The largest absolute Gasteiger partial charge is 0.481 e. The Hall–Kier alpha value is -8.63. The molecule has 35 heteroatoms. The Balaban J connectivity index is 6.18. The van der Waals surface area contributed by atoms with Crippen molar-refractivity contribution in [2.75, 3.05) is 32.7 Å². The van der Waals surface area contributed by atoms with E-state index in [2.05, 4.69) is 53.2 Å². The van der Waals surface area contributed by atoms with Crippen molar-refractivity contribution in [2.24, 2.45) is 28.7 Å². The zero-order valence-corrected chi connectivity index (χ0v) is 40.3. The minimum absolute atomic E-state index is 0.0535.